The number of rotatable bonds is 6. The summed E-state index contributed by atoms with van der Waals surface area (Å²) in [4.78, 5) is 0.410. The van der Waals surface area contributed by atoms with Gasteiger partial charge >= 0.3 is 0 Å². The molecule has 1 aromatic rings. The summed E-state index contributed by atoms with van der Waals surface area (Å²) in [7, 11) is -3.32. The number of hydrogen-bond donors (Lipinski definition) is 1. The average Bonchev–Trinajstić information content (AvgIpc) is 2.95. The van der Waals surface area contributed by atoms with Crippen LogP contribution in [-0.4, -0.2) is 31.9 Å². The van der Waals surface area contributed by atoms with E-state index in [2.05, 4.69) is 26.1 Å². The molecule has 0 saturated carbocycles. The van der Waals surface area contributed by atoms with Crippen molar-refractivity contribution in [3.8, 4) is 0 Å². The van der Waals surface area contributed by atoms with Crippen molar-refractivity contribution in [2.24, 2.45) is 5.92 Å². The van der Waals surface area contributed by atoms with Crippen molar-refractivity contribution in [1.29, 1.82) is 0 Å². The summed E-state index contributed by atoms with van der Waals surface area (Å²) in [6.45, 7) is 8.39. The van der Waals surface area contributed by atoms with Gasteiger partial charge in [-0.1, -0.05) is 39.3 Å². The summed E-state index contributed by atoms with van der Waals surface area (Å²) in [5, 5.41) is 3.33. The fourth-order valence-corrected chi connectivity index (χ4v) is 4.13. The van der Waals surface area contributed by atoms with Crippen LogP contribution in [0.4, 0.5) is 0 Å². The number of sulfonamides is 1. The predicted octanol–water partition coefficient (Wildman–Crippen LogP) is 2.61. The molecule has 1 aliphatic rings. The molecular weight excluding hydrogens is 284 g/mol. The van der Waals surface area contributed by atoms with E-state index in [0.29, 0.717) is 29.9 Å². The molecule has 5 heteroatoms. The molecule has 1 aromatic carbocycles. The molecular formula is C16H26N2O2S. The van der Waals surface area contributed by atoms with Crippen molar-refractivity contribution in [3.05, 3.63) is 29.8 Å². The zero-order valence-corrected chi connectivity index (χ0v) is 14.0. The molecule has 118 valence electrons. The van der Waals surface area contributed by atoms with Crippen LogP contribution < -0.4 is 5.32 Å². The zero-order valence-electron chi connectivity index (χ0n) is 13.2. The molecule has 2 rings (SSSR count). The molecule has 1 N–H and O–H groups in total. The third kappa shape index (κ3) is 4.05. The molecule has 0 bridgehead atoms. The predicted molar refractivity (Wildman–Crippen MR) is 85.6 cm³/mol. The summed E-state index contributed by atoms with van der Waals surface area (Å²) in [5.74, 6) is 0.509. The zero-order chi connectivity index (χ0) is 15.5. The van der Waals surface area contributed by atoms with E-state index in [1.165, 1.54) is 0 Å². The average molecular weight is 310 g/mol. The van der Waals surface area contributed by atoms with Gasteiger partial charge in [0.25, 0.3) is 0 Å². The lowest BCUT2D eigenvalue weighted by atomic mass is 10.1. The highest BCUT2D eigenvalue weighted by Crippen LogP contribution is 2.26. The van der Waals surface area contributed by atoms with E-state index in [-0.39, 0.29) is 0 Å². The van der Waals surface area contributed by atoms with Gasteiger partial charge in [0, 0.05) is 25.7 Å². The highest BCUT2D eigenvalue weighted by molar-refractivity contribution is 7.89. The second-order valence-electron chi connectivity index (χ2n) is 6.11. The molecule has 0 aliphatic carbocycles. The summed E-state index contributed by atoms with van der Waals surface area (Å²) >= 11 is 0. The minimum atomic E-state index is -3.32. The quantitative estimate of drug-likeness (QED) is 0.878. The van der Waals surface area contributed by atoms with Gasteiger partial charge in [0.1, 0.15) is 0 Å². The molecule has 1 fully saturated rings. The highest BCUT2D eigenvalue weighted by atomic mass is 32.2. The van der Waals surface area contributed by atoms with E-state index in [1.54, 1.807) is 16.4 Å². The van der Waals surface area contributed by atoms with Gasteiger partial charge in [0.15, 0.2) is 0 Å². The topological polar surface area (TPSA) is 49.4 Å². The summed E-state index contributed by atoms with van der Waals surface area (Å²) < 4.78 is 26.8. The van der Waals surface area contributed by atoms with Crippen LogP contribution in [0.3, 0.4) is 0 Å². The molecule has 0 spiro atoms. The lowest BCUT2D eigenvalue weighted by Crippen LogP contribution is -2.29. The maximum Gasteiger partial charge on any atom is 0.243 e. The Kier molecular flexibility index (Phi) is 5.41. The Morgan fingerprint density at radius 3 is 2.48 bits per heavy atom. The largest absolute Gasteiger partial charge is 0.310 e. The molecule has 1 saturated heterocycles. The highest BCUT2D eigenvalue weighted by Gasteiger charge is 2.31. The third-order valence-electron chi connectivity index (χ3n) is 4.10. The second kappa shape index (κ2) is 6.90. The van der Waals surface area contributed by atoms with E-state index < -0.39 is 10.0 Å². The summed E-state index contributed by atoms with van der Waals surface area (Å²) in [6, 6.07) is 7.67. The summed E-state index contributed by atoms with van der Waals surface area (Å²) in [5.41, 5.74) is 1.11. The fraction of sp³-hybridized carbons (Fsp3) is 0.625. The Labute approximate surface area is 128 Å². The van der Waals surface area contributed by atoms with Crippen LogP contribution in [0, 0.1) is 5.92 Å². The Morgan fingerprint density at radius 1 is 1.29 bits per heavy atom. The van der Waals surface area contributed by atoms with E-state index in [0.717, 1.165) is 24.9 Å². The molecule has 0 amide bonds. The first kappa shape index (κ1) is 16.5. The number of nitrogens with zero attached hydrogens (tertiary/aromatic N) is 1. The number of nitrogens with one attached hydrogen (secondary N) is 1. The van der Waals surface area contributed by atoms with Crippen molar-refractivity contribution < 1.29 is 8.42 Å². The van der Waals surface area contributed by atoms with Crippen LogP contribution in [0.25, 0.3) is 0 Å². The van der Waals surface area contributed by atoms with Gasteiger partial charge < -0.3 is 5.32 Å². The molecule has 1 atom stereocenters. The Hall–Kier alpha value is -0.910. The van der Waals surface area contributed by atoms with Gasteiger partial charge in [-0.3, -0.25) is 0 Å². The van der Waals surface area contributed by atoms with Gasteiger partial charge in [-0.25, -0.2) is 8.42 Å². The third-order valence-corrected chi connectivity index (χ3v) is 5.98. The van der Waals surface area contributed by atoms with Gasteiger partial charge in [-0.2, -0.15) is 4.31 Å². The van der Waals surface area contributed by atoms with Crippen LogP contribution in [0.5, 0.6) is 0 Å². The Morgan fingerprint density at radius 2 is 1.95 bits per heavy atom. The van der Waals surface area contributed by atoms with Crippen molar-refractivity contribution in [3.63, 3.8) is 0 Å². The molecule has 21 heavy (non-hydrogen) atoms. The standard InChI is InChI=1S/C16H26N2O2S/c1-4-14-9-10-18(12-14)21(19,20)16-7-5-15(6-8-16)11-17-13(2)3/h5-8,13-14,17H,4,9-12H2,1-3H3. The molecule has 1 heterocycles. The van der Waals surface area contributed by atoms with Gasteiger partial charge in [0.2, 0.25) is 10.0 Å². The minimum absolute atomic E-state index is 0.410. The van der Waals surface area contributed by atoms with Gasteiger partial charge in [0.05, 0.1) is 4.90 Å². The van der Waals surface area contributed by atoms with Crippen LogP contribution in [-0.2, 0) is 16.6 Å². The van der Waals surface area contributed by atoms with Crippen molar-refractivity contribution in [2.75, 3.05) is 13.1 Å². The smallest absolute Gasteiger partial charge is 0.243 e. The first-order valence-electron chi connectivity index (χ1n) is 7.76. The monoisotopic (exact) mass is 310 g/mol. The van der Waals surface area contributed by atoms with E-state index in [9.17, 15) is 8.42 Å². The first-order valence-corrected chi connectivity index (χ1v) is 9.20. The fourth-order valence-electron chi connectivity index (χ4n) is 2.60. The molecule has 1 aliphatic heterocycles. The van der Waals surface area contributed by atoms with E-state index in [4.69, 9.17) is 0 Å². The Bertz CT molecular complexity index is 552. The van der Waals surface area contributed by atoms with Crippen LogP contribution in [0.1, 0.15) is 39.2 Å². The van der Waals surface area contributed by atoms with Crippen LogP contribution in [0.2, 0.25) is 0 Å². The van der Waals surface area contributed by atoms with Gasteiger partial charge in [-0.15, -0.1) is 0 Å². The van der Waals surface area contributed by atoms with E-state index >= 15 is 0 Å². The lowest BCUT2D eigenvalue weighted by Gasteiger charge is -2.17. The van der Waals surface area contributed by atoms with Crippen molar-refractivity contribution in [1.82, 2.24) is 9.62 Å². The van der Waals surface area contributed by atoms with Crippen LogP contribution >= 0.6 is 0 Å². The van der Waals surface area contributed by atoms with Crippen molar-refractivity contribution in [2.45, 2.75) is 51.1 Å². The molecule has 0 aromatic heterocycles. The first-order chi connectivity index (χ1) is 9.93. The minimum Gasteiger partial charge on any atom is -0.310 e. The van der Waals surface area contributed by atoms with E-state index in [1.807, 2.05) is 12.1 Å². The number of hydrogen-bond acceptors (Lipinski definition) is 3. The molecule has 0 radical (unpaired) electrons. The number of benzene rings is 1. The SMILES string of the molecule is CCC1CCN(S(=O)(=O)c2ccc(CNC(C)C)cc2)C1. The normalized spacial score (nSPS) is 20.3. The maximum atomic E-state index is 12.6. The maximum absolute atomic E-state index is 12.6. The summed E-state index contributed by atoms with van der Waals surface area (Å²) in [6.07, 6.45) is 2.03. The lowest BCUT2D eigenvalue weighted by molar-refractivity contribution is 0.453. The van der Waals surface area contributed by atoms with Crippen LogP contribution in [0.15, 0.2) is 29.2 Å². The van der Waals surface area contributed by atoms with Crippen molar-refractivity contribution >= 4 is 10.0 Å². The molecule has 4 nitrogen and oxygen atoms in total. The second-order valence-corrected chi connectivity index (χ2v) is 8.04. The Balaban J connectivity index is 2.07. The molecule has 1 unspecified atom stereocenters. The van der Waals surface area contributed by atoms with Gasteiger partial charge in [-0.05, 0) is 30.0 Å².